The van der Waals surface area contributed by atoms with Gasteiger partial charge in [-0.05, 0) is 83.1 Å². The van der Waals surface area contributed by atoms with Crippen LogP contribution in [0.2, 0.25) is 0 Å². The molecule has 0 bridgehead atoms. The molecule has 0 aliphatic carbocycles. The predicted molar refractivity (Wildman–Crippen MR) is 129 cm³/mol. The smallest absolute Gasteiger partial charge is 0.363 e. The standard InChI is InChI=1S/C24H17BrINO3/c1-15-11-18(9-10-20(15)26)23-27-21(24(28)30-23)13-17-6-2-3-8-22(17)29-14-16-5-4-7-19(25)12-16/h2-13H,14H2,1H3/b21-13-. The van der Waals surface area contributed by atoms with Crippen molar-refractivity contribution in [2.45, 2.75) is 13.5 Å². The molecular weight excluding hydrogens is 557 g/mol. The Labute approximate surface area is 196 Å². The van der Waals surface area contributed by atoms with Crippen LogP contribution >= 0.6 is 38.5 Å². The van der Waals surface area contributed by atoms with E-state index in [9.17, 15) is 4.79 Å². The van der Waals surface area contributed by atoms with Crippen molar-refractivity contribution in [2.75, 3.05) is 0 Å². The molecule has 0 N–H and O–H groups in total. The number of para-hydroxylation sites is 1. The molecule has 0 aromatic heterocycles. The Hall–Kier alpha value is -2.45. The number of hydrogen-bond acceptors (Lipinski definition) is 4. The van der Waals surface area contributed by atoms with Gasteiger partial charge in [0.05, 0.1) is 0 Å². The molecule has 1 aliphatic rings. The first kappa shape index (κ1) is 20.8. The van der Waals surface area contributed by atoms with Crippen LogP contribution in [0.3, 0.4) is 0 Å². The largest absolute Gasteiger partial charge is 0.488 e. The zero-order chi connectivity index (χ0) is 21.1. The van der Waals surface area contributed by atoms with Gasteiger partial charge in [0, 0.05) is 19.2 Å². The molecule has 1 heterocycles. The Bertz CT molecular complexity index is 1190. The van der Waals surface area contributed by atoms with E-state index in [1.807, 2.05) is 73.7 Å². The summed E-state index contributed by atoms with van der Waals surface area (Å²) in [4.78, 5) is 16.8. The number of carbonyl (C=O) groups excluding carboxylic acids is 1. The molecule has 3 aromatic carbocycles. The van der Waals surface area contributed by atoms with Crippen LogP contribution in [0.15, 0.2) is 81.9 Å². The number of aliphatic imine (C=N–C) groups is 1. The number of rotatable bonds is 5. The first-order chi connectivity index (χ1) is 14.5. The minimum absolute atomic E-state index is 0.250. The van der Waals surface area contributed by atoms with E-state index in [1.165, 1.54) is 0 Å². The molecule has 0 saturated heterocycles. The zero-order valence-corrected chi connectivity index (χ0v) is 19.8. The Balaban J connectivity index is 1.59. The highest BCUT2D eigenvalue weighted by Gasteiger charge is 2.24. The van der Waals surface area contributed by atoms with Gasteiger partial charge < -0.3 is 9.47 Å². The molecule has 0 unspecified atom stereocenters. The first-order valence-corrected chi connectivity index (χ1v) is 11.1. The average molecular weight is 574 g/mol. The van der Waals surface area contributed by atoms with Crippen LogP contribution in [0.5, 0.6) is 5.75 Å². The number of cyclic esters (lactones) is 1. The van der Waals surface area contributed by atoms with Crippen molar-refractivity contribution in [3.63, 3.8) is 0 Å². The highest BCUT2D eigenvalue weighted by atomic mass is 127. The summed E-state index contributed by atoms with van der Waals surface area (Å²) in [6, 6.07) is 21.3. The van der Waals surface area contributed by atoms with Crippen LogP contribution in [-0.2, 0) is 16.1 Å². The van der Waals surface area contributed by atoms with Crippen molar-refractivity contribution in [1.29, 1.82) is 0 Å². The maximum Gasteiger partial charge on any atom is 0.363 e. The summed E-state index contributed by atoms with van der Waals surface area (Å²) in [5.41, 5.74) is 3.95. The molecule has 30 heavy (non-hydrogen) atoms. The molecule has 0 spiro atoms. The van der Waals surface area contributed by atoms with Gasteiger partial charge in [0.25, 0.3) is 0 Å². The second-order valence-corrected chi connectivity index (χ2v) is 8.83. The van der Waals surface area contributed by atoms with Crippen molar-refractivity contribution in [1.82, 2.24) is 0 Å². The summed E-state index contributed by atoms with van der Waals surface area (Å²) >= 11 is 5.74. The van der Waals surface area contributed by atoms with Gasteiger partial charge in [-0.25, -0.2) is 9.79 Å². The fourth-order valence-corrected chi connectivity index (χ4v) is 3.76. The average Bonchev–Trinajstić information content (AvgIpc) is 3.10. The van der Waals surface area contributed by atoms with E-state index < -0.39 is 5.97 Å². The molecular formula is C24H17BrINO3. The molecule has 4 nitrogen and oxygen atoms in total. The number of aryl methyl sites for hydroxylation is 1. The van der Waals surface area contributed by atoms with E-state index in [0.717, 1.165) is 30.3 Å². The molecule has 3 aromatic rings. The number of esters is 1. The van der Waals surface area contributed by atoms with Gasteiger partial charge in [-0.2, -0.15) is 0 Å². The predicted octanol–water partition coefficient (Wildman–Crippen LogP) is 6.29. The number of carbonyl (C=O) groups is 1. The van der Waals surface area contributed by atoms with Gasteiger partial charge in [-0.15, -0.1) is 0 Å². The highest BCUT2D eigenvalue weighted by Crippen LogP contribution is 2.26. The lowest BCUT2D eigenvalue weighted by molar-refractivity contribution is -0.129. The third kappa shape index (κ3) is 4.82. The van der Waals surface area contributed by atoms with Crippen molar-refractivity contribution < 1.29 is 14.3 Å². The van der Waals surface area contributed by atoms with Gasteiger partial charge in [0.15, 0.2) is 5.70 Å². The van der Waals surface area contributed by atoms with Gasteiger partial charge in [-0.3, -0.25) is 0 Å². The fraction of sp³-hybridized carbons (Fsp3) is 0.0833. The van der Waals surface area contributed by atoms with Gasteiger partial charge in [0.2, 0.25) is 5.90 Å². The topological polar surface area (TPSA) is 47.9 Å². The maximum absolute atomic E-state index is 12.4. The van der Waals surface area contributed by atoms with Crippen LogP contribution in [0.4, 0.5) is 0 Å². The molecule has 0 amide bonds. The summed E-state index contributed by atoms with van der Waals surface area (Å²) in [7, 11) is 0. The number of benzene rings is 3. The molecule has 0 fully saturated rings. The van der Waals surface area contributed by atoms with Crippen LogP contribution in [0.25, 0.3) is 6.08 Å². The summed E-state index contributed by atoms with van der Waals surface area (Å²) < 4.78 is 13.5. The number of halogens is 2. The number of hydrogen-bond donors (Lipinski definition) is 0. The van der Waals surface area contributed by atoms with Crippen molar-refractivity contribution in [3.05, 3.63) is 103 Å². The Morgan fingerprint density at radius 2 is 1.93 bits per heavy atom. The van der Waals surface area contributed by atoms with Crippen LogP contribution < -0.4 is 4.74 Å². The van der Waals surface area contributed by atoms with E-state index in [2.05, 4.69) is 43.5 Å². The Morgan fingerprint density at radius 3 is 2.73 bits per heavy atom. The van der Waals surface area contributed by atoms with Crippen molar-refractivity contribution >= 4 is 56.5 Å². The fourth-order valence-electron chi connectivity index (χ4n) is 2.98. The summed E-state index contributed by atoms with van der Waals surface area (Å²) in [6.07, 6.45) is 1.70. The van der Waals surface area contributed by atoms with E-state index in [-0.39, 0.29) is 5.70 Å². The molecule has 1 aliphatic heterocycles. The molecule has 0 saturated carbocycles. The second kappa shape index (κ2) is 9.14. The second-order valence-electron chi connectivity index (χ2n) is 6.76. The Kier molecular flexibility index (Phi) is 6.34. The normalized spacial score (nSPS) is 14.6. The maximum atomic E-state index is 12.4. The quantitative estimate of drug-likeness (QED) is 0.205. The molecule has 0 atom stereocenters. The van der Waals surface area contributed by atoms with Crippen molar-refractivity contribution in [3.8, 4) is 5.75 Å². The minimum atomic E-state index is -0.469. The molecule has 0 radical (unpaired) electrons. The summed E-state index contributed by atoms with van der Waals surface area (Å²) in [6.45, 7) is 2.43. The van der Waals surface area contributed by atoms with Crippen LogP contribution in [-0.4, -0.2) is 11.9 Å². The number of nitrogens with zero attached hydrogens (tertiary/aromatic N) is 1. The lowest BCUT2D eigenvalue weighted by atomic mass is 10.1. The van der Waals surface area contributed by atoms with E-state index in [0.29, 0.717) is 18.3 Å². The van der Waals surface area contributed by atoms with E-state index in [4.69, 9.17) is 9.47 Å². The molecule has 150 valence electrons. The molecule has 4 rings (SSSR count). The van der Waals surface area contributed by atoms with Crippen molar-refractivity contribution in [2.24, 2.45) is 4.99 Å². The van der Waals surface area contributed by atoms with Gasteiger partial charge >= 0.3 is 5.97 Å². The summed E-state index contributed by atoms with van der Waals surface area (Å²) in [5, 5.41) is 0. The number of ether oxygens (including phenoxy) is 2. The van der Waals surface area contributed by atoms with E-state index in [1.54, 1.807) is 6.08 Å². The minimum Gasteiger partial charge on any atom is -0.488 e. The summed E-state index contributed by atoms with van der Waals surface area (Å²) in [5.74, 6) is 0.521. The van der Waals surface area contributed by atoms with Crippen LogP contribution in [0, 0.1) is 10.5 Å². The Morgan fingerprint density at radius 1 is 1.10 bits per heavy atom. The zero-order valence-electron chi connectivity index (χ0n) is 16.1. The van der Waals surface area contributed by atoms with Gasteiger partial charge in [0.1, 0.15) is 12.4 Å². The van der Waals surface area contributed by atoms with E-state index >= 15 is 0 Å². The third-order valence-corrected chi connectivity index (χ3v) is 6.22. The lowest BCUT2D eigenvalue weighted by Crippen LogP contribution is -2.05. The molecule has 6 heteroatoms. The third-order valence-electron chi connectivity index (χ3n) is 4.52. The monoisotopic (exact) mass is 573 g/mol. The SMILES string of the molecule is Cc1cc(C2=N/C(=C\c3ccccc3OCc3cccc(Br)c3)C(=O)O2)ccc1I. The first-order valence-electron chi connectivity index (χ1n) is 9.25. The lowest BCUT2D eigenvalue weighted by Gasteiger charge is -2.09. The van der Waals surface area contributed by atoms with Crippen LogP contribution in [0.1, 0.15) is 22.3 Å². The van der Waals surface area contributed by atoms with Gasteiger partial charge in [-0.1, -0.05) is 46.3 Å². The highest BCUT2D eigenvalue weighted by molar-refractivity contribution is 14.1.